The van der Waals surface area contributed by atoms with Crippen molar-refractivity contribution < 1.29 is 14.0 Å². The Labute approximate surface area is 167 Å². The van der Waals surface area contributed by atoms with Crippen molar-refractivity contribution in [3.63, 3.8) is 0 Å². The van der Waals surface area contributed by atoms with Crippen molar-refractivity contribution in [3.05, 3.63) is 78.1 Å². The zero-order valence-electron chi connectivity index (χ0n) is 15.8. The minimum atomic E-state index is -0.188. The molecule has 0 bridgehead atoms. The molecule has 5 rings (SSSR count). The van der Waals surface area contributed by atoms with Gasteiger partial charge in [0, 0.05) is 17.0 Å². The number of anilines is 1. The topological polar surface area (TPSA) is 71.3 Å². The number of rotatable bonds is 5. The largest absolute Gasteiger partial charge is 0.464 e. The van der Waals surface area contributed by atoms with Gasteiger partial charge in [-0.2, -0.15) is 0 Å². The summed E-state index contributed by atoms with van der Waals surface area (Å²) in [4.78, 5) is 25.2. The van der Waals surface area contributed by atoms with Crippen LogP contribution in [0.2, 0.25) is 0 Å². The molecule has 1 aliphatic rings. The number of hydrogen-bond donors (Lipinski definition) is 2. The summed E-state index contributed by atoms with van der Waals surface area (Å²) in [5, 5.41) is 8.98. The number of amides is 2. The van der Waals surface area contributed by atoms with Crippen LogP contribution in [0.15, 0.2) is 71.3 Å². The summed E-state index contributed by atoms with van der Waals surface area (Å²) in [6, 6.07) is 19.3. The van der Waals surface area contributed by atoms with Gasteiger partial charge in [-0.15, -0.1) is 0 Å². The molecule has 144 valence electrons. The lowest BCUT2D eigenvalue weighted by molar-refractivity contribution is -0.115. The highest BCUT2D eigenvalue weighted by Gasteiger charge is 2.25. The van der Waals surface area contributed by atoms with Crippen molar-refractivity contribution in [1.29, 1.82) is 0 Å². The second-order valence-electron chi connectivity index (χ2n) is 7.44. The van der Waals surface area contributed by atoms with Crippen LogP contribution in [-0.4, -0.2) is 17.9 Å². The van der Waals surface area contributed by atoms with Gasteiger partial charge in [0.05, 0.1) is 23.9 Å². The summed E-state index contributed by atoms with van der Waals surface area (Å²) in [5.74, 6) is -0.338. The van der Waals surface area contributed by atoms with Crippen LogP contribution in [0.3, 0.4) is 0 Å². The molecule has 3 aromatic carbocycles. The van der Waals surface area contributed by atoms with E-state index < -0.39 is 0 Å². The van der Waals surface area contributed by atoms with Crippen LogP contribution in [0.4, 0.5) is 5.69 Å². The molecule has 1 aliphatic carbocycles. The highest BCUT2D eigenvalue weighted by Crippen LogP contribution is 2.30. The first-order valence-electron chi connectivity index (χ1n) is 9.76. The zero-order chi connectivity index (χ0) is 19.8. The molecule has 29 heavy (non-hydrogen) atoms. The summed E-state index contributed by atoms with van der Waals surface area (Å²) in [6.07, 6.45) is 3.84. The third kappa shape index (κ3) is 3.47. The van der Waals surface area contributed by atoms with Gasteiger partial charge in [0.2, 0.25) is 5.91 Å². The molecule has 4 aromatic rings. The number of hydrogen-bond acceptors (Lipinski definition) is 3. The molecule has 2 N–H and O–H groups in total. The molecule has 0 radical (unpaired) electrons. The van der Waals surface area contributed by atoms with E-state index in [1.807, 2.05) is 42.5 Å². The molecule has 0 unspecified atom stereocenters. The fourth-order valence-electron chi connectivity index (χ4n) is 3.65. The summed E-state index contributed by atoms with van der Waals surface area (Å²) in [7, 11) is 0. The maximum absolute atomic E-state index is 12.8. The molecule has 1 saturated carbocycles. The van der Waals surface area contributed by atoms with E-state index in [0.29, 0.717) is 11.3 Å². The number of para-hydroxylation sites is 1. The van der Waals surface area contributed by atoms with E-state index in [0.717, 1.165) is 40.1 Å². The first-order chi connectivity index (χ1) is 14.2. The normalized spacial score (nSPS) is 13.5. The van der Waals surface area contributed by atoms with Crippen LogP contribution in [0.5, 0.6) is 0 Å². The molecule has 2 amide bonds. The van der Waals surface area contributed by atoms with Gasteiger partial charge in [0.25, 0.3) is 5.91 Å². The van der Waals surface area contributed by atoms with Crippen molar-refractivity contribution in [2.75, 3.05) is 5.32 Å². The van der Waals surface area contributed by atoms with Gasteiger partial charge in [-0.1, -0.05) is 42.5 Å². The summed E-state index contributed by atoms with van der Waals surface area (Å²) < 4.78 is 5.68. The van der Waals surface area contributed by atoms with Crippen LogP contribution >= 0.6 is 0 Å². The average molecular weight is 384 g/mol. The van der Waals surface area contributed by atoms with E-state index in [1.165, 1.54) is 0 Å². The Morgan fingerprint density at radius 2 is 1.76 bits per heavy atom. The van der Waals surface area contributed by atoms with Crippen molar-refractivity contribution >= 4 is 39.2 Å². The quantitative estimate of drug-likeness (QED) is 0.526. The van der Waals surface area contributed by atoms with Gasteiger partial charge < -0.3 is 15.1 Å². The number of fused-ring (bicyclic) bond motifs is 3. The predicted octanol–water partition coefficient (Wildman–Crippen LogP) is 4.66. The second kappa shape index (κ2) is 7.09. The van der Waals surface area contributed by atoms with Crippen molar-refractivity contribution in [1.82, 2.24) is 5.32 Å². The van der Waals surface area contributed by atoms with Crippen LogP contribution in [-0.2, 0) is 11.2 Å². The number of furan rings is 1. The Kier molecular flexibility index (Phi) is 4.28. The lowest BCUT2D eigenvalue weighted by atomic mass is 10.0. The van der Waals surface area contributed by atoms with Gasteiger partial charge in [0.15, 0.2) is 0 Å². The molecule has 5 nitrogen and oxygen atoms in total. The molecular formula is C24H20N2O3. The lowest BCUT2D eigenvalue weighted by Crippen LogP contribution is -2.27. The Morgan fingerprint density at radius 1 is 0.966 bits per heavy atom. The predicted molar refractivity (Wildman–Crippen MR) is 113 cm³/mol. The third-order valence-corrected chi connectivity index (χ3v) is 5.25. The number of carbonyl (C=O) groups is 2. The molecule has 0 atom stereocenters. The molecule has 1 fully saturated rings. The molecule has 0 saturated heterocycles. The maximum Gasteiger partial charge on any atom is 0.253 e. The van der Waals surface area contributed by atoms with Gasteiger partial charge in [-0.3, -0.25) is 9.59 Å². The van der Waals surface area contributed by atoms with E-state index in [1.54, 1.807) is 24.5 Å². The van der Waals surface area contributed by atoms with Crippen molar-refractivity contribution in [3.8, 4) is 0 Å². The lowest BCUT2D eigenvalue weighted by Gasteiger charge is -2.11. The highest BCUT2D eigenvalue weighted by atomic mass is 16.3. The molecule has 1 aromatic heterocycles. The highest BCUT2D eigenvalue weighted by molar-refractivity contribution is 6.09. The van der Waals surface area contributed by atoms with Gasteiger partial charge >= 0.3 is 0 Å². The first-order valence-corrected chi connectivity index (χ1v) is 9.76. The number of benzene rings is 3. The fraction of sp³-hybridized carbons (Fsp3) is 0.167. The minimum Gasteiger partial charge on any atom is -0.464 e. The second-order valence-corrected chi connectivity index (χ2v) is 7.44. The summed E-state index contributed by atoms with van der Waals surface area (Å²) in [5.41, 5.74) is 2.59. The Bertz CT molecular complexity index is 1240. The average Bonchev–Trinajstić information content (AvgIpc) is 3.46. The number of nitrogens with one attached hydrogen (secondary N) is 2. The number of carbonyl (C=O) groups excluding carboxylic acids is 2. The molecule has 0 spiro atoms. The van der Waals surface area contributed by atoms with E-state index in [9.17, 15) is 9.59 Å². The van der Waals surface area contributed by atoms with E-state index in [4.69, 9.17) is 4.42 Å². The van der Waals surface area contributed by atoms with Crippen LogP contribution in [0.1, 0.15) is 28.8 Å². The molecule has 1 heterocycles. The smallest absolute Gasteiger partial charge is 0.253 e. The van der Waals surface area contributed by atoms with Gasteiger partial charge in [-0.25, -0.2) is 0 Å². The minimum absolute atomic E-state index is 0.150. The first kappa shape index (κ1) is 17.5. The monoisotopic (exact) mass is 384 g/mol. The Morgan fingerprint density at radius 3 is 2.62 bits per heavy atom. The summed E-state index contributed by atoms with van der Waals surface area (Å²) >= 11 is 0. The van der Waals surface area contributed by atoms with Gasteiger partial charge in [0.1, 0.15) is 5.58 Å². The third-order valence-electron chi connectivity index (χ3n) is 5.25. The molecule has 0 aliphatic heterocycles. The van der Waals surface area contributed by atoms with E-state index in [-0.39, 0.29) is 24.3 Å². The van der Waals surface area contributed by atoms with Crippen LogP contribution < -0.4 is 10.6 Å². The van der Waals surface area contributed by atoms with Crippen molar-refractivity contribution in [2.24, 2.45) is 0 Å². The van der Waals surface area contributed by atoms with Crippen molar-refractivity contribution in [2.45, 2.75) is 25.3 Å². The zero-order valence-corrected chi connectivity index (χ0v) is 15.8. The Balaban J connectivity index is 1.41. The summed E-state index contributed by atoms with van der Waals surface area (Å²) in [6.45, 7) is 0. The maximum atomic E-state index is 12.8. The van der Waals surface area contributed by atoms with E-state index in [2.05, 4.69) is 10.6 Å². The van der Waals surface area contributed by atoms with Crippen LogP contribution in [0, 0.1) is 0 Å². The molecule has 5 heteroatoms. The van der Waals surface area contributed by atoms with Gasteiger partial charge in [-0.05, 0) is 41.8 Å². The SMILES string of the molecule is O=C(Cc1coc2ccc3ccccc3c12)Nc1ccccc1C(=O)NC1CC1. The van der Waals surface area contributed by atoms with Crippen LogP contribution in [0.25, 0.3) is 21.7 Å². The standard InChI is InChI=1S/C24H20N2O3/c27-22(26-20-8-4-3-7-19(20)24(28)25-17-10-11-17)13-16-14-29-21-12-9-15-5-1-2-6-18(15)23(16)21/h1-9,12,14,17H,10-11,13H2,(H,25,28)(H,26,27). The molecular weight excluding hydrogens is 364 g/mol. The Hall–Kier alpha value is -3.60. The fourth-order valence-corrected chi connectivity index (χ4v) is 3.65. The van der Waals surface area contributed by atoms with E-state index >= 15 is 0 Å².